The van der Waals surface area contributed by atoms with E-state index in [0.717, 1.165) is 12.8 Å². The van der Waals surface area contributed by atoms with Crippen molar-refractivity contribution in [2.24, 2.45) is 34.0 Å². The van der Waals surface area contributed by atoms with Gasteiger partial charge in [0.15, 0.2) is 5.78 Å². The lowest BCUT2D eigenvalue weighted by Gasteiger charge is -2.72. The number of aliphatic hydroxyl groups is 3. The fourth-order valence-electron chi connectivity index (χ4n) is 7.41. The number of aliphatic hydroxyl groups excluding tert-OH is 2. The van der Waals surface area contributed by atoms with Gasteiger partial charge in [-0.3, -0.25) is 4.79 Å². The van der Waals surface area contributed by atoms with Gasteiger partial charge in [-0.2, -0.15) is 0 Å². The monoisotopic (exact) mass is 346 g/mol. The molecule has 6 rings (SSSR count). The summed E-state index contributed by atoms with van der Waals surface area (Å²) in [5.41, 5.74) is -1.90. The molecule has 5 nitrogen and oxygen atoms in total. The Morgan fingerprint density at radius 1 is 1.24 bits per heavy atom. The van der Waals surface area contributed by atoms with Crippen molar-refractivity contribution in [3.05, 3.63) is 24.3 Å². The van der Waals surface area contributed by atoms with Gasteiger partial charge in [-0.1, -0.05) is 32.6 Å². The zero-order valence-electron chi connectivity index (χ0n) is 14.7. The van der Waals surface area contributed by atoms with Crippen LogP contribution in [0, 0.1) is 34.0 Å². The van der Waals surface area contributed by atoms with Crippen LogP contribution in [0.3, 0.4) is 0 Å². The van der Waals surface area contributed by atoms with Crippen LogP contribution < -0.4 is 0 Å². The highest BCUT2D eigenvalue weighted by Gasteiger charge is 2.85. The highest BCUT2D eigenvalue weighted by atomic mass is 16.6. The summed E-state index contributed by atoms with van der Waals surface area (Å²) in [6.07, 6.45) is 4.15. The summed E-state index contributed by atoms with van der Waals surface area (Å²) >= 11 is 0. The Kier molecular flexibility index (Phi) is 2.77. The van der Waals surface area contributed by atoms with Crippen molar-refractivity contribution in [1.29, 1.82) is 0 Å². The van der Waals surface area contributed by atoms with E-state index < -0.39 is 28.8 Å². The van der Waals surface area contributed by atoms with Crippen molar-refractivity contribution in [2.45, 2.75) is 51.1 Å². The lowest BCUT2D eigenvalue weighted by molar-refractivity contribution is -0.436. The summed E-state index contributed by atoms with van der Waals surface area (Å²) in [6, 6.07) is 0. The third-order valence-electron chi connectivity index (χ3n) is 8.27. The first-order chi connectivity index (χ1) is 11.6. The Morgan fingerprint density at radius 3 is 2.68 bits per heavy atom. The SMILES string of the molecule is C=C1C(=O)[C@]23[C@H](O)[C@H]1CC[C@H]2[C@]12C=CCC(C)(C)[C@H]1[C@H](O)C3(O)OC2. The van der Waals surface area contributed by atoms with E-state index in [2.05, 4.69) is 32.6 Å². The first-order valence-electron chi connectivity index (χ1n) is 9.28. The highest BCUT2D eigenvalue weighted by molar-refractivity contribution is 6.05. The zero-order chi connectivity index (χ0) is 18.0. The lowest BCUT2D eigenvalue weighted by Crippen LogP contribution is -2.83. The van der Waals surface area contributed by atoms with Gasteiger partial charge in [0, 0.05) is 17.3 Å². The molecule has 3 N–H and O–H groups in total. The summed E-state index contributed by atoms with van der Waals surface area (Å²) in [7, 11) is 0. The molecular formula is C20H26O5. The number of hydrogen-bond donors (Lipinski definition) is 3. The Balaban J connectivity index is 1.82. The minimum atomic E-state index is -2.05. The van der Waals surface area contributed by atoms with Gasteiger partial charge >= 0.3 is 0 Å². The van der Waals surface area contributed by atoms with E-state index in [1.807, 2.05) is 0 Å². The molecule has 4 aliphatic carbocycles. The third kappa shape index (κ3) is 1.37. The second-order valence-corrected chi connectivity index (χ2v) is 9.52. The topological polar surface area (TPSA) is 87.0 Å². The highest BCUT2D eigenvalue weighted by Crippen LogP contribution is 2.75. The zero-order valence-corrected chi connectivity index (χ0v) is 14.7. The van der Waals surface area contributed by atoms with Crippen molar-refractivity contribution in [3.63, 3.8) is 0 Å². The van der Waals surface area contributed by atoms with Gasteiger partial charge in [0.05, 0.1) is 12.7 Å². The molecule has 3 saturated carbocycles. The largest absolute Gasteiger partial charge is 0.391 e. The molecule has 0 aromatic heterocycles. The molecule has 5 fully saturated rings. The van der Waals surface area contributed by atoms with Crippen LogP contribution in [0.25, 0.3) is 0 Å². The van der Waals surface area contributed by atoms with E-state index in [4.69, 9.17) is 4.74 Å². The first kappa shape index (κ1) is 16.2. The number of allylic oxidation sites excluding steroid dienone is 1. The van der Waals surface area contributed by atoms with Crippen LogP contribution in [0.2, 0.25) is 0 Å². The molecule has 4 bridgehead atoms. The van der Waals surface area contributed by atoms with Gasteiger partial charge in [0.25, 0.3) is 0 Å². The number of carbonyl (C=O) groups excluding carboxylic acids is 1. The van der Waals surface area contributed by atoms with Gasteiger partial charge in [0.1, 0.15) is 11.5 Å². The summed E-state index contributed by atoms with van der Waals surface area (Å²) in [4.78, 5) is 13.3. The molecule has 136 valence electrons. The number of fused-ring (bicyclic) bond motifs is 2. The van der Waals surface area contributed by atoms with Crippen molar-refractivity contribution >= 4 is 5.78 Å². The summed E-state index contributed by atoms with van der Waals surface area (Å²) in [5, 5.41) is 33.9. The van der Waals surface area contributed by atoms with E-state index in [1.165, 1.54) is 0 Å². The Bertz CT molecular complexity index is 726. The van der Waals surface area contributed by atoms with Crippen LogP contribution in [-0.4, -0.2) is 45.7 Å². The number of carbonyl (C=O) groups is 1. The first-order valence-corrected chi connectivity index (χ1v) is 9.28. The average Bonchev–Trinajstić information content (AvgIpc) is 2.66. The minimum Gasteiger partial charge on any atom is -0.391 e. The average molecular weight is 346 g/mol. The Labute approximate surface area is 147 Å². The Hall–Kier alpha value is -1.01. The summed E-state index contributed by atoms with van der Waals surface area (Å²) in [6.45, 7) is 8.38. The maximum absolute atomic E-state index is 13.3. The predicted octanol–water partition coefficient (Wildman–Crippen LogP) is 1.18. The molecule has 2 heterocycles. The number of hydrogen-bond acceptors (Lipinski definition) is 5. The van der Waals surface area contributed by atoms with Gasteiger partial charge in [0.2, 0.25) is 5.79 Å². The predicted molar refractivity (Wildman–Crippen MR) is 89.2 cm³/mol. The second kappa shape index (κ2) is 4.28. The number of ether oxygens (including phenoxy) is 1. The van der Waals surface area contributed by atoms with Crippen molar-refractivity contribution in [2.75, 3.05) is 6.61 Å². The molecule has 2 aliphatic heterocycles. The molecule has 25 heavy (non-hydrogen) atoms. The number of rotatable bonds is 0. The van der Waals surface area contributed by atoms with Gasteiger partial charge in [-0.05, 0) is 36.2 Å². The maximum atomic E-state index is 13.3. The molecular weight excluding hydrogens is 320 g/mol. The van der Waals surface area contributed by atoms with E-state index >= 15 is 0 Å². The van der Waals surface area contributed by atoms with Crippen LogP contribution in [0.5, 0.6) is 0 Å². The molecule has 5 heteroatoms. The quantitative estimate of drug-likeness (QED) is 0.453. The van der Waals surface area contributed by atoms with Crippen LogP contribution >= 0.6 is 0 Å². The van der Waals surface area contributed by atoms with Crippen molar-refractivity contribution in [1.82, 2.24) is 0 Å². The van der Waals surface area contributed by atoms with E-state index in [9.17, 15) is 20.1 Å². The van der Waals surface area contributed by atoms with Gasteiger partial charge in [-0.25, -0.2) is 0 Å². The number of ketones is 1. The minimum absolute atomic E-state index is 0.218. The van der Waals surface area contributed by atoms with E-state index in [0.29, 0.717) is 12.0 Å². The molecule has 8 atom stereocenters. The molecule has 6 aliphatic rings. The summed E-state index contributed by atoms with van der Waals surface area (Å²) in [5.74, 6) is -3.19. The fraction of sp³-hybridized carbons (Fsp3) is 0.750. The van der Waals surface area contributed by atoms with Crippen LogP contribution in [0.1, 0.15) is 33.1 Å². The molecule has 0 aromatic rings. The molecule has 2 saturated heterocycles. The second-order valence-electron chi connectivity index (χ2n) is 9.52. The van der Waals surface area contributed by atoms with Crippen LogP contribution in [0.4, 0.5) is 0 Å². The molecule has 0 aromatic carbocycles. The van der Waals surface area contributed by atoms with Crippen LogP contribution in [-0.2, 0) is 9.53 Å². The third-order valence-corrected chi connectivity index (χ3v) is 8.27. The fourth-order valence-corrected chi connectivity index (χ4v) is 7.41. The van der Waals surface area contributed by atoms with Crippen molar-refractivity contribution < 1.29 is 24.9 Å². The van der Waals surface area contributed by atoms with Gasteiger partial charge in [-0.15, -0.1) is 0 Å². The molecule has 0 radical (unpaired) electrons. The lowest BCUT2D eigenvalue weighted by atomic mass is 9.37. The standard InChI is InChI=1S/C20H26O5/c1-10-11-5-6-12-18-8-4-7-17(2,3)13(18)16(23)20(24,25-9-18)19(12,14(10)21)15(11)22/h4,8,11-13,15-16,22-24H,1,5-7,9H2,2-3H3/t11-,12-,13+,15+,16-,18+,19-,20?/m0/s1. The molecule has 0 amide bonds. The smallest absolute Gasteiger partial charge is 0.208 e. The van der Waals surface area contributed by atoms with Crippen LogP contribution in [0.15, 0.2) is 24.3 Å². The Morgan fingerprint density at radius 2 is 1.96 bits per heavy atom. The maximum Gasteiger partial charge on any atom is 0.208 e. The normalized spacial score (nSPS) is 58.2. The number of Topliss-reactive ketones (excluding diaryl/α,β-unsaturated/α-hetero) is 1. The molecule has 1 unspecified atom stereocenters. The van der Waals surface area contributed by atoms with E-state index in [-0.39, 0.29) is 35.6 Å². The van der Waals surface area contributed by atoms with Gasteiger partial charge < -0.3 is 20.1 Å². The summed E-state index contributed by atoms with van der Waals surface area (Å²) < 4.78 is 5.84. The van der Waals surface area contributed by atoms with Crippen molar-refractivity contribution in [3.8, 4) is 0 Å². The molecule has 2 spiro atoms. The van der Waals surface area contributed by atoms with E-state index in [1.54, 1.807) is 0 Å².